The molecule has 0 aromatic heterocycles. The van der Waals surface area contributed by atoms with E-state index in [9.17, 15) is 35.1 Å². The molecular formula is C21H11ClF8N2O. The van der Waals surface area contributed by atoms with Crippen molar-refractivity contribution >= 4 is 23.5 Å². The van der Waals surface area contributed by atoms with Gasteiger partial charge in [0.15, 0.2) is 23.3 Å². The minimum absolute atomic E-state index is 0.147. The van der Waals surface area contributed by atoms with Crippen molar-refractivity contribution in [2.75, 3.05) is 5.43 Å². The third kappa shape index (κ3) is 5.36. The second kappa shape index (κ2) is 9.65. The minimum Gasteiger partial charge on any atom is -0.489 e. The Balaban J connectivity index is 1.70. The molecule has 0 saturated heterocycles. The number of hydrazone groups is 1. The molecule has 0 spiro atoms. The molecule has 0 aliphatic carbocycles. The fourth-order valence-electron chi connectivity index (χ4n) is 2.63. The first-order valence-corrected chi connectivity index (χ1v) is 9.26. The summed E-state index contributed by atoms with van der Waals surface area (Å²) in [6, 6.07) is 9.87. The summed E-state index contributed by atoms with van der Waals surface area (Å²) in [6.07, 6.45) is -4.66. The number of anilines is 1. The van der Waals surface area contributed by atoms with E-state index in [1.807, 2.05) is 0 Å². The van der Waals surface area contributed by atoms with Crippen molar-refractivity contribution in [1.82, 2.24) is 0 Å². The average Bonchev–Trinajstić information content (AvgIpc) is 2.74. The Hall–Kier alpha value is -3.34. The van der Waals surface area contributed by atoms with E-state index < -0.39 is 46.5 Å². The van der Waals surface area contributed by atoms with Crippen molar-refractivity contribution in [3.63, 3.8) is 0 Å². The first-order chi connectivity index (χ1) is 15.5. The van der Waals surface area contributed by atoms with Gasteiger partial charge in [0.2, 0.25) is 0 Å². The van der Waals surface area contributed by atoms with Gasteiger partial charge in [-0.25, -0.2) is 22.0 Å². The molecule has 0 unspecified atom stereocenters. The molecule has 3 aromatic carbocycles. The van der Waals surface area contributed by atoms with E-state index in [4.69, 9.17) is 16.3 Å². The van der Waals surface area contributed by atoms with E-state index in [2.05, 4.69) is 5.10 Å². The van der Waals surface area contributed by atoms with Crippen molar-refractivity contribution in [2.24, 2.45) is 5.10 Å². The van der Waals surface area contributed by atoms with Crippen molar-refractivity contribution in [1.29, 1.82) is 0 Å². The molecule has 12 heteroatoms. The molecule has 0 fully saturated rings. The molecule has 174 valence electrons. The molecule has 3 rings (SSSR count). The molecule has 0 atom stereocenters. The lowest BCUT2D eigenvalue weighted by molar-refractivity contribution is -0.143. The van der Waals surface area contributed by atoms with Crippen molar-refractivity contribution < 1.29 is 39.9 Å². The predicted octanol–water partition coefficient (Wildman–Crippen LogP) is 7.08. The van der Waals surface area contributed by atoms with Crippen LogP contribution in [0.15, 0.2) is 47.6 Å². The molecule has 3 aromatic rings. The second-order valence-electron chi connectivity index (χ2n) is 6.43. The van der Waals surface area contributed by atoms with Gasteiger partial charge in [0.1, 0.15) is 29.4 Å². The van der Waals surface area contributed by atoms with E-state index in [0.717, 1.165) is 6.21 Å². The molecule has 0 radical (unpaired) electrons. The van der Waals surface area contributed by atoms with Crippen LogP contribution in [0.25, 0.3) is 0 Å². The van der Waals surface area contributed by atoms with Gasteiger partial charge in [0.25, 0.3) is 0 Å². The van der Waals surface area contributed by atoms with E-state index >= 15 is 0 Å². The Kier molecular flexibility index (Phi) is 7.11. The van der Waals surface area contributed by atoms with Crippen LogP contribution < -0.4 is 10.2 Å². The number of ether oxygens (including phenoxy) is 1. The molecule has 33 heavy (non-hydrogen) atoms. The largest absolute Gasteiger partial charge is 0.489 e. The zero-order valence-electron chi connectivity index (χ0n) is 16.1. The van der Waals surface area contributed by atoms with Gasteiger partial charge >= 0.3 is 6.18 Å². The topological polar surface area (TPSA) is 33.6 Å². The number of nitrogens with zero attached hydrogens (tertiary/aromatic N) is 1. The highest BCUT2D eigenvalue weighted by Crippen LogP contribution is 2.38. The summed E-state index contributed by atoms with van der Waals surface area (Å²) in [5.74, 6) is -10.0. The van der Waals surface area contributed by atoms with Gasteiger partial charge in [0, 0.05) is 5.56 Å². The highest BCUT2D eigenvalue weighted by molar-refractivity contribution is 6.31. The van der Waals surface area contributed by atoms with Crippen LogP contribution in [0.2, 0.25) is 5.02 Å². The molecule has 0 bridgehead atoms. The lowest BCUT2D eigenvalue weighted by atomic mass is 10.1. The Morgan fingerprint density at radius 2 is 1.48 bits per heavy atom. The van der Waals surface area contributed by atoms with Gasteiger partial charge in [-0.3, -0.25) is 5.43 Å². The summed E-state index contributed by atoms with van der Waals surface area (Å²) in [4.78, 5) is 0. The maximum atomic E-state index is 13.8. The summed E-state index contributed by atoms with van der Waals surface area (Å²) in [6.45, 7) is -0.163. The van der Waals surface area contributed by atoms with Crippen LogP contribution in [-0.2, 0) is 12.8 Å². The molecule has 0 saturated carbocycles. The van der Waals surface area contributed by atoms with Crippen LogP contribution in [0.5, 0.6) is 5.75 Å². The molecule has 0 aliphatic heterocycles. The highest BCUT2D eigenvalue weighted by atomic mass is 35.5. The standard InChI is InChI=1S/C21H11ClF8N2O/c22-13-2-1-3-14(23)12(13)9-33-11-6-4-10(5-7-11)8-31-32-20-18(26)16(24)15(21(28,29)30)17(25)19(20)27/h1-8,32H,9H2/b31-8-. The summed E-state index contributed by atoms with van der Waals surface area (Å²) in [5, 5.41) is 3.56. The third-order valence-electron chi connectivity index (χ3n) is 4.26. The number of halogens is 9. The molecule has 3 nitrogen and oxygen atoms in total. The van der Waals surface area contributed by atoms with Gasteiger partial charge in [-0.1, -0.05) is 17.7 Å². The summed E-state index contributed by atoms with van der Waals surface area (Å²) in [5.41, 5.74) is -2.10. The van der Waals surface area contributed by atoms with E-state index in [1.165, 1.54) is 42.5 Å². The SMILES string of the molecule is Fc1cccc(Cl)c1COc1ccc(/C=N\Nc2c(F)c(F)c(C(F)(F)F)c(F)c2F)cc1. The monoisotopic (exact) mass is 494 g/mol. The van der Waals surface area contributed by atoms with Gasteiger partial charge in [0.05, 0.1) is 11.2 Å². The zero-order valence-corrected chi connectivity index (χ0v) is 16.8. The molecule has 1 N–H and O–H groups in total. The third-order valence-corrected chi connectivity index (χ3v) is 4.62. The Morgan fingerprint density at radius 3 is 2.03 bits per heavy atom. The quantitative estimate of drug-likeness (QED) is 0.172. The fourth-order valence-corrected chi connectivity index (χ4v) is 2.84. The van der Waals surface area contributed by atoms with Crippen molar-refractivity contribution in [2.45, 2.75) is 12.8 Å². The number of hydrogen-bond donors (Lipinski definition) is 1. The van der Waals surface area contributed by atoms with Crippen molar-refractivity contribution in [3.05, 3.63) is 93.3 Å². The van der Waals surface area contributed by atoms with E-state index in [0.29, 0.717) is 11.3 Å². The normalized spacial score (nSPS) is 11.8. The number of benzene rings is 3. The van der Waals surface area contributed by atoms with Gasteiger partial charge in [-0.05, 0) is 42.0 Å². The van der Waals surface area contributed by atoms with Gasteiger partial charge in [-0.2, -0.15) is 18.3 Å². The van der Waals surface area contributed by atoms with Crippen LogP contribution in [0.1, 0.15) is 16.7 Å². The number of nitrogens with one attached hydrogen (secondary N) is 1. The Morgan fingerprint density at radius 1 is 0.879 bits per heavy atom. The first kappa shape index (κ1) is 24.3. The fraction of sp³-hybridized carbons (Fsp3) is 0.0952. The molecule has 0 heterocycles. The smallest absolute Gasteiger partial charge is 0.422 e. The lowest BCUT2D eigenvalue weighted by Gasteiger charge is -2.13. The zero-order chi connectivity index (χ0) is 24.3. The van der Waals surface area contributed by atoms with E-state index in [1.54, 1.807) is 5.43 Å². The van der Waals surface area contributed by atoms with E-state index in [-0.39, 0.29) is 17.2 Å². The number of alkyl halides is 3. The van der Waals surface area contributed by atoms with Crippen LogP contribution in [-0.4, -0.2) is 6.21 Å². The summed E-state index contributed by atoms with van der Waals surface area (Å²) >= 11 is 5.90. The first-order valence-electron chi connectivity index (χ1n) is 8.88. The number of rotatable bonds is 6. The average molecular weight is 495 g/mol. The van der Waals surface area contributed by atoms with Gasteiger partial charge < -0.3 is 4.74 Å². The predicted molar refractivity (Wildman–Crippen MR) is 105 cm³/mol. The van der Waals surface area contributed by atoms with Crippen LogP contribution >= 0.6 is 11.6 Å². The minimum atomic E-state index is -5.64. The maximum absolute atomic E-state index is 13.8. The maximum Gasteiger partial charge on any atom is 0.422 e. The van der Waals surface area contributed by atoms with Crippen LogP contribution in [0, 0.1) is 29.1 Å². The van der Waals surface area contributed by atoms with Crippen LogP contribution in [0.4, 0.5) is 40.8 Å². The molecule has 0 aliphatic rings. The highest BCUT2D eigenvalue weighted by Gasteiger charge is 2.42. The molecular weight excluding hydrogens is 484 g/mol. The Labute approximate surface area is 186 Å². The molecule has 0 amide bonds. The van der Waals surface area contributed by atoms with Crippen molar-refractivity contribution in [3.8, 4) is 5.75 Å². The van der Waals surface area contributed by atoms with Gasteiger partial charge in [-0.15, -0.1) is 0 Å². The second-order valence-corrected chi connectivity index (χ2v) is 6.84. The van der Waals surface area contributed by atoms with Crippen LogP contribution in [0.3, 0.4) is 0 Å². The Bertz CT molecular complexity index is 1150. The summed E-state index contributed by atoms with van der Waals surface area (Å²) < 4.78 is 112. The lowest BCUT2D eigenvalue weighted by Crippen LogP contribution is -2.16. The summed E-state index contributed by atoms with van der Waals surface area (Å²) in [7, 11) is 0. The number of hydrogen-bond acceptors (Lipinski definition) is 3.